The zero-order chi connectivity index (χ0) is 11.7. The van der Waals surface area contributed by atoms with E-state index >= 15 is 0 Å². The lowest BCUT2D eigenvalue weighted by molar-refractivity contribution is 0.416. The monoisotopic (exact) mass is 228 g/mol. The van der Waals surface area contributed by atoms with Gasteiger partial charge in [-0.25, -0.2) is 9.97 Å². The smallest absolute Gasteiger partial charge is 0.140 e. The Bertz CT molecular complexity index is 516. The number of fused-ring (bicyclic) bond motifs is 1. The number of hydrogen-bond donors (Lipinski definition) is 1. The number of rotatable bonds is 3. The second-order valence-electron chi connectivity index (χ2n) is 4.31. The van der Waals surface area contributed by atoms with Gasteiger partial charge < -0.3 is 10.2 Å². The lowest BCUT2D eigenvalue weighted by atomic mass is 10.1. The van der Waals surface area contributed by atoms with Crippen LogP contribution >= 0.6 is 0 Å². The van der Waals surface area contributed by atoms with Crippen molar-refractivity contribution in [1.29, 1.82) is 0 Å². The normalized spacial score (nSPS) is 15.8. The van der Waals surface area contributed by atoms with Crippen LogP contribution in [0.1, 0.15) is 6.92 Å². The molecule has 0 atom stereocenters. The average Bonchev–Trinajstić information content (AvgIpc) is 2.33. The van der Waals surface area contributed by atoms with E-state index in [9.17, 15) is 0 Å². The molecule has 2 aromatic rings. The van der Waals surface area contributed by atoms with Gasteiger partial charge in [-0.3, -0.25) is 0 Å². The Labute approximate surface area is 101 Å². The van der Waals surface area contributed by atoms with E-state index in [0.29, 0.717) is 6.04 Å². The van der Waals surface area contributed by atoms with E-state index < -0.39 is 0 Å². The number of nitrogens with zero attached hydrogens (tertiary/aromatic N) is 3. The second-order valence-corrected chi connectivity index (χ2v) is 4.31. The fourth-order valence-electron chi connectivity index (χ4n) is 2.29. The van der Waals surface area contributed by atoms with Crippen LogP contribution in [0, 0.1) is 0 Å². The number of benzene rings is 1. The van der Waals surface area contributed by atoms with Crippen LogP contribution in [0.3, 0.4) is 0 Å². The highest BCUT2D eigenvalue weighted by Gasteiger charge is 2.25. The number of para-hydroxylation sites is 1. The first kappa shape index (κ1) is 10.5. The minimum atomic E-state index is 0.568. The van der Waals surface area contributed by atoms with Crippen molar-refractivity contribution in [2.45, 2.75) is 13.0 Å². The molecule has 17 heavy (non-hydrogen) atoms. The van der Waals surface area contributed by atoms with Gasteiger partial charge in [0.25, 0.3) is 0 Å². The Hall–Kier alpha value is -1.68. The van der Waals surface area contributed by atoms with Gasteiger partial charge >= 0.3 is 0 Å². The molecular weight excluding hydrogens is 212 g/mol. The molecule has 0 aliphatic carbocycles. The maximum absolute atomic E-state index is 4.47. The van der Waals surface area contributed by atoms with Gasteiger partial charge in [0.2, 0.25) is 0 Å². The maximum Gasteiger partial charge on any atom is 0.140 e. The molecule has 1 aliphatic rings. The summed E-state index contributed by atoms with van der Waals surface area (Å²) in [5.41, 5.74) is 1.02. The number of anilines is 1. The number of likely N-dealkylation sites (N-methyl/N-ethyl adjacent to an activating group) is 1. The molecule has 88 valence electrons. The topological polar surface area (TPSA) is 41.1 Å². The molecular formula is C13H16N4. The van der Waals surface area contributed by atoms with Gasteiger partial charge in [-0.2, -0.15) is 0 Å². The van der Waals surface area contributed by atoms with Crippen LogP contribution in [0.15, 0.2) is 30.6 Å². The highest BCUT2D eigenvalue weighted by molar-refractivity contribution is 5.89. The maximum atomic E-state index is 4.47. The Morgan fingerprint density at radius 2 is 2.12 bits per heavy atom. The Morgan fingerprint density at radius 3 is 2.82 bits per heavy atom. The predicted octanol–water partition coefficient (Wildman–Crippen LogP) is 1.43. The lowest BCUT2D eigenvalue weighted by Crippen LogP contribution is -2.57. The van der Waals surface area contributed by atoms with E-state index in [1.807, 2.05) is 18.2 Å². The van der Waals surface area contributed by atoms with Gasteiger partial charge in [-0.1, -0.05) is 12.1 Å². The molecule has 1 saturated heterocycles. The van der Waals surface area contributed by atoms with Crippen LogP contribution < -0.4 is 10.2 Å². The highest BCUT2D eigenvalue weighted by atomic mass is 15.3. The van der Waals surface area contributed by atoms with Gasteiger partial charge in [0, 0.05) is 25.0 Å². The Kier molecular flexibility index (Phi) is 2.65. The second kappa shape index (κ2) is 4.30. The largest absolute Gasteiger partial charge is 0.351 e. The summed E-state index contributed by atoms with van der Waals surface area (Å²) in [5, 5.41) is 4.45. The van der Waals surface area contributed by atoms with Gasteiger partial charge in [-0.15, -0.1) is 0 Å². The molecule has 1 aromatic carbocycles. The Balaban J connectivity index is 2.08. The number of nitrogens with one attached hydrogen (secondary N) is 1. The van der Waals surface area contributed by atoms with Gasteiger partial charge in [0.05, 0.1) is 11.6 Å². The molecule has 4 nitrogen and oxygen atoms in total. The van der Waals surface area contributed by atoms with Crippen molar-refractivity contribution in [3.8, 4) is 0 Å². The van der Waals surface area contributed by atoms with Crippen molar-refractivity contribution in [1.82, 2.24) is 15.3 Å². The third kappa shape index (κ3) is 1.74. The Morgan fingerprint density at radius 1 is 1.29 bits per heavy atom. The third-order valence-corrected chi connectivity index (χ3v) is 3.34. The van der Waals surface area contributed by atoms with E-state index in [0.717, 1.165) is 36.4 Å². The van der Waals surface area contributed by atoms with E-state index in [4.69, 9.17) is 0 Å². The van der Waals surface area contributed by atoms with Crippen LogP contribution in [-0.4, -0.2) is 35.6 Å². The van der Waals surface area contributed by atoms with Crippen LogP contribution in [0.25, 0.3) is 10.9 Å². The summed E-state index contributed by atoms with van der Waals surface area (Å²) >= 11 is 0. The van der Waals surface area contributed by atoms with Crippen LogP contribution in [-0.2, 0) is 0 Å². The summed E-state index contributed by atoms with van der Waals surface area (Å²) in [6, 6.07) is 8.76. The lowest BCUT2D eigenvalue weighted by Gasteiger charge is -2.38. The van der Waals surface area contributed by atoms with E-state index in [1.165, 1.54) is 0 Å². The van der Waals surface area contributed by atoms with E-state index in [-0.39, 0.29) is 0 Å². The standard InChI is InChI=1S/C13H16N4/c1-2-17(10-7-14-8-10)13-11-5-3-4-6-12(11)15-9-16-13/h3-6,9-10,14H,2,7-8H2,1H3. The number of hydrogen-bond acceptors (Lipinski definition) is 4. The first-order chi connectivity index (χ1) is 8.40. The SMILES string of the molecule is CCN(c1ncnc2ccccc12)C1CNC1. The molecule has 0 saturated carbocycles. The minimum Gasteiger partial charge on any atom is -0.351 e. The summed E-state index contributed by atoms with van der Waals surface area (Å²) in [5.74, 6) is 1.06. The molecule has 0 radical (unpaired) electrons. The quantitative estimate of drug-likeness (QED) is 0.862. The average molecular weight is 228 g/mol. The van der Waals surface area contributed by atoms with Crippen molar-refractivity contribution in [3.63, 3.8) is 0 Å². The third-order valence-electron chi connectivity index (χ3n) is 3.34. The molecule has 4 heteroatoms. The molecule has 1 aliphatic heterocycles. The first-order valence-corrected chi connectivity index (χ1v) is 6.07. The van der Waals surface area contributed by atoms with Gasteiger partial charge in [-0.05, 0) is 19.1 Å². The van der Waals surface area contributed by atoms with Crippen molar-refractivity contribution >= 4 is 16.7 Å². The first-order valence-electron chi connectivity index (χ1n) is 6.07. The summed E-state index contributed by atoms with van der Waals surface area (Å²) in [4.78, 5) is 11.1. The summed E-state index contributed by atoms with van der Waals surface area (Å²) < 4.78 is 0. The molecule has 1 aromatic heterocycles. The predicted molar refractivity (Wildman–Crippen MR) is 69.2 cm³/mol. The van der Waals surface area contributed by atoms with E-state index in [2.05, 4.69) is 33.2 Å². The zero-order valence-corrected chi connectivity index (χ0v) is 9.93. The van der Waals surface area contributed by atoms with Crippen molar-refractivity contribution < 1.29 is 0 Å². The van der Waals surface area contributed by atoms with Crippen molar-refractivity contribution in [2.24, 2.45) is 0 Å². The fraction of sp³-hybridized carbons (Fsp3) is 0.385. The number of aromatic nitrogens is 2. The van der Waals surface area contributed by atoms with E-state index in [1.54, 1.807) is 6.33 Å². The highest BCUT2D eigenvalue weighted by Crippen LogP contribution is 2.24. The van der Waals surface area contributed by atoms with Crippen molar-refractivity contribution in [2.75, 3.05) is 24.5 Å². The van der Waals surface area contributed by atoms with Crippen molar-refractivity contribution in [3.05, 3.63) is 30.6 Å². The minimum absolute atomic E-state index is 0.568. The fourth-order valence-corrected chi connectivity index (χ4v) is 2.29. The molecule has 0 bridgehead atoms. The van der Waals surface area contributed by atoms with Crippen LogP contribution in [0.4, 0.5) is 5.82 Å². The molecule has 0 spiro atoms. The molecule has 1 N–H and O–H groups in total. The zero-order valence-electron chi connectivity index (χ0n) is 9.93. The summed E-state index contributed by atoms with van der Waals surface area (Å²) in [6.07, 6.45) is 1.66. The van der Waals surface area contributed by atoms with Gasteiger partial charge in [0.1, 0.15) is 12.1 Å². The molecule has 3 rings (SSSR count). The van der Waals surface area contributed by atoms with Gasteiger partial charge in [0.15, 0.2) is 0 Å². The molecule has 0 amide bonds. The molecule has 1 fully saturated rings. The summed E-state index contributed by atoms with van der Waals surface area (Å²) in [7, 11) is 0. The molecule has 0 unspecified atom stereocenters. The van der Waals surface area contributed by atoms with Crippen LogP contribution in [0.2, 0.25) is 0 Å². The molecule has 2 heterocycles. The van der Waals surface area contributed by atoms with Crippen LogP contribution in [0.5, 0.6) is 0 Å². The summed E-state index contributed by atoms with van der Waals surface area (Å²) in [6.45, 7) is 5.25.